The highest BCUT2D eigenvalue weighted by Gasteiger charge is 2.29. The van der Waals surface area contributed by atoms with E-state index in [2.05, 4.69) is 6.92 Å². The van der Waals surface area contributed by atoms with Crippen LogP contribution in [0.2, 0.25) is 0 Å². The van der Waals surface area contributed by atoms with Crippen molar-refractivity contribution in [2.45, 2.75) is 46.1 Å². The van der Waals surface area contributed by atoms with Gasteiger partial charge in [0.25, 0.3) is 5.91 Å². The Labute approximate surface area is 132 Å². The van der Waals surface area contributed by atoms with E-state index in [4.69, 9.17) is 4.74 Å². The van der Waals surface area contributed by atoms with Gasteiger partial charge in [0.05, 0.1) is 0 Å². The second-order valence-corrected chi connectivity index (χ2v) is 6.07. The van der Waals surface area contributed by atoms with Crippen LogP contribution < -0.4 is 4.74 Å². The smallest absolute Gasteiger partial charge is 0.263 e. The third-order valence-corrected chi connectivity index (χ3v) is 3.88. The molecule has 1 aromatic rings. The molecule has 1 aliphatic carbocycles. The van der Waals surface area contributed by atoms with Crippen molar-refractivity contribution in [2.24, 2.45) is 5.92 Å². The minimum Gasteiger partial charge on any atom is -0.481 e. The van der Waals surface area contributed by atoms with Gasteiger partial charge in [0.1, 0.15) is 5.75 Å². The molecule has 120 valence electrons. The third-order valence-electron chi connectivity index (χ3n) is 3.88. The van der Waals surface area contributed by atoms with E-state index in [1.807, 2.05) is 4.90 Å². The van der Waals surface area contributed by atoms with Crippen LogP contribution in [0.4, 0.5) is 0 Å². The van der Waals surface area contributed by atoms with Gasteiger partial charge in [-0.15, -0.1) is 0 Å². The first-order chi connectivity index (χ1) is 10.5. The standard InChI is InChI=1S/C18H25NO3/c1-4-10-19(12-15-8-9-15)18(21)14(3)22-17-7-5-6-16(11-17)13(2)20/h5-7,11,14-15H,4,8-10,12H2,1-3H3. The van der Waals surface area contributed by atoms with E-state index in [-0.39, 0.29) is 11.7 Å². The van der Waals surface area contributed by atoms with Gasteiger partial charge in [-0.3, -0.25) is 9.59 Å². The van der Waals surface area contributed by atoms with Crippen LogP contribution in [0.5, 0.6) is 5.75 Å². The quantitative estimate of drug-likeness (QED) is 0.692. The molecule has 1 atom stereocenters. The molecule has 1 saturated carbocycles. The fourth-order valence-corrected chi connectivity index (χ4v) is 2.47. The van der Waals surface area contributed by atoms with Crippen LogP contribution in [0, 0.1) is 5.92 Å². The van der Waals surface area contributed by atoms with Crippen LogP contribution in [0.1, 0.15) is 50.4 Å². The number of nitrogens with zero attached hydrogens (tertiary/aromatic N) is 1. The van der Waals surface area contributed by atoms with E-state index >= 15 is 0 Å². The first-order valence-electron chi connectivity index (χ1n) is 8.07. The van der Waals surface area contributed by atoms with Gasteiger partial charge < -0.3 is 9.64 Å². The summed E-state index contributed by atoms with van der Waals surface area (Å²) in [6, 6.07) is 6.99. The van der Waals surface area contributed by atoms with Crippen molar-refractivity contribution >= 4 is 11.7 Å². The number of hydrogen-bond acceptors (Lipinski definition) is 3. The number of rotatable bonds is 8. The van der Waals surface area contributed by atoms with Gasteiger partial charge in [-0.05, 0) is 51.2 Å². The van der Waals surface area contributed by atoms with E-state index in [1.54, 1.807) is 31.2 Å². The van der Waals surface area contributed by atoms with Crippen molar-refractivity contribution in [1.29, 1.82) is 0 Å². The Kier molecular flexibility index (Phi) is 5.58. The van der Waals surface area contributed by atoms with E-state index in [0.29, 0.717) is 17.2 Å². The molecule has 0 bridgehead atoms. The predicted octanol–water partition coefficient (Wildman–Crippen LogP) is 3.31. The van der Waals surface area contributed by atoms with Crippen LogP contribution in [0.15, 0.2) is 24.3 Å². The van der Waals surface area contributed by atoms with Crippen LogP contribution in [-0.2, 0) is 4.79 Å². The molecule has 1 aliphatic rings. The Balaban J connectivity index is 1.99. The molecule has 0 aromatic heterocycles. The molecule has 0 spiro atoms. The average Bonchev–Trinajstić information content (AvgIpc) is 3.30. The van der Waals surface area contributed by atoms with E-state index in [9.17, 15) is 9.59 Å². The number of carbonyl (C=O) groups excluding carboxylic acids is 2. The Bertz CT molecular complexity index is 537. The first-order valence-corrected chi connectivity index (χ1v) is 8.07. The SMILES string of the molecule is CCCN(CC1CC1)C(=O)C(C)Oc1cccc(C(C)=O)c1. The van der Waals surface area contributed by atoms with Crippen LogP contribution in [-0.4, -0.2) is 35.8 Å². The molecule has 1 unspecified atom stereocenters. The molecule has 2 rings (SSSR count). The fourth-order valence-electron chi connectivity index (χ4n) is 2.47. The summed E-state index contributed by atoms with van der Waals surface area (Å²) >= 11 is 0. The Morgan fingerprint density at radius 1 is 1.36 bits per heavy atom. The van der Waals surface area contributed by atoms with Gasteiger partial charge in [-0.2, -0.15) is 0 Å². The minimum atomic E-state index is -0.535. The number of amides is 1. The number of benzene rings is 1. The van der Waals surface area contributed by atoms with Gasteiger partial charge in [-0.1, -0.05) is 19.1 Å². The number of ketones is 1. The maximum Gasteiger partial charge on any atom is 0.263 e. The van der Waals surface area contributed by atoms with Crippen molar-refractivity contribution in [2.75, 3.05) is 13.1 Å². The lowest BCUT2D eigenvalue weighted by Crippen LogP contribution is -2.42. The maximum atomic E-state index is 12.6. The zero-order valence-electron chi connectivity index (χ0n) is 13.7. The minimum absolute atomic E-state index is 0.00854. The summed E-state index contributed by atoms with van der Waals surface area (Å²) in [5.41, 5.74) is 0.598. The third kappa shape index (κ3) is 4.58. The van der Waals surface area contributed by atoms with Crippen molar-refractivity contribution in [3.63, 3.8) is 0 Å². The molecule has 1 amide bonds. The molecule has 1 fully saturated rings. The summed E-state index contributed by atoms with van der Waals surface area (Å²) < 4.78 is 5.75. The fraction of sp³-hybridized carbons (Fsp3) is 0.556. The Hall–Kier alpha value is -1.84. The van der Waals surface area contributed by atoms with Crippen LogP contribution in [0.3, 0.4) is 0 Å². The Morgan fingerprint density at radius 2 is 2.09 bits per heavy atom. The van der Waals surface area contributed by atoms with Crippen LogP contribution >= 0.6 is 0 Å². The van der Waals surface area contributed by atoms with Crippen molar-refractivity contribution < 1.29 is 14.3 Å². The molecular weight excluding hydrogens is 278 g/mol. The van der Waals surface area contributed by atoms with Crippen LogP contribution in [0.25, 0.3) is 0 Å². The summed E-state index contributed by atoms with van der Waals surface area (Å²) in [5.74, 6) is 1.26. The van der Waals surface area contributed by atoms with E-state index < -0.39 is 6.10 Å². The van der Waals surface area contributed by atoms with Crippen molar-refractivity contribution in [3.8, 4) is 5.75 Å². The molecule has 4 heteroatoms. The molecule has 1 aromatic carbocycles. The summed E-state index contributed by atoms with van der Waals surface area (Å²) in [5, 5.41) is 0. The van der Waals surface area contributed by atoms with Gasteiger partial charge in [0.15, 0.2) is 11.9 Å². The van der Waals surface area contributed by atoms with Gasteiger partial charge in [0, 0.05) is 18.7 Å². The molecule has 0 aliphatic heterocycles. The zero-order chi connectivity index (χ0) is 16.1. The van der Waals surface area contributed by atoms with Crippen molar-refractivity contribution in [1.82, 2.24) is 4.90 Å². The highest BCUT2D eigenvalue weighted by molar-refractivity contribution is 5.94. The van der Waals surface area contributed by atoms with Gasteiger partial charge in [0.2, 0.25) is 0 Å². The molecule has 22 heavy (non-hydrogen) atoms. The summed E-state index contributed by atoms with van der Waals surface area (Å²) in [7, 11) is 0. The lowest BCUT2D eigenvalue weighted by Gasteiger charge is -2.26. The average molecular weight is 303 g/mol. The molecule has 0 radical (unpaired) electrons. The molecule has 0 heterocycles. The second-order valence-electron chi connectivity index (χ2n) is 6.07. The lowest BCUT2D eigenvalue weighted by molar-refractivity contribution is -0.138. The topological polar surface area (TPSA) is 46.6 Å². The maximum absolute atomic E-state index is 12.6. The van der Waals surface area contributed by atoms with Crippen molar-refractivity contribution in [3.05, 3.63) is 29.8 Å². The second kappa shape index (κ2) is 7.43. The van der Waals surface area contributed by atoms with E-state index in [0.717, 1.165) is 19.5 Å². The summed E-state index contributed by atoms with van der Waals surface area (Å²) in [6.07, 6.45) is 2.87. The Morgan fingerprint density at radius 3 is 2.68 bits per heavy atom. The molecule has 0 N–H and O–H groups in total. The normalized spacial score (nSPS) is 15.2. The predicted molar refractivity (Wildman–Crippen MR) is 86.1 cm³/mol. The first kappa shape index (κ1) is 16.5. The number of ether oxygens (including phenoxy) is 1. The molecular formula is C18H25NO3. The number of hydrogen-bond donors (Lipinski definition) is 0. The molecule has 4 nitrogen and oxygen atoms in total. The lowest BCUT2D eigenvalue weighted by atomic mass is 10.1. The highest BCUT2D eigenvalue weighted by Crippen LogP contribution is 2.30. The summed E-state index contributed by atoms with van der Waals surface area (Å²) in [4.78, 5) is 25.9. The van der Waals surface area contributed by atoms with Gasteiger partial charge in [-0.25, -0.2) is 0 Å². The number of Topliss-reactive ketones (excluding diaryl/α,β-unsaturated/α-hetero) is 1. The highest BCUT2D eigenvalue weighted by atomic mass is 16.5. The monoisotopic (exact) mass is 303 g/mol. The summed E-state index contributed by atoms with van der Waals surface area (Å²) in [6.45, 7) is 6.99. The largest absolute Gasteiger partial charge is 0.481 e. The molecule has 0 saturated heterocycles. The van der Waals surface area contributed by atoms with E-state index in [1.165, 1.54) is 19.8 Å². The number of carbonyl (C=O) groups is 2. The zero-order valence-corrected chi connectivity index (χ0v) is 13.7. The van der Waals surface area contributed by atoms with Gasteiger partial charge >= 0.3 is 0 Å².